The predicted octanol–water partition coefficient (Wildman–Crippen LogP) is 1.75. The van der Waals surface area contributed by atoms with Gasteiger partial charge >= 0.3 is 0 Å². The fraction of sp³-hybridized carbons (Fsp3) is 0.588. The van der Waals surface area contributed by atoms with Crippen LogP contribution in [-0.2, 0) is 20.8 Å². The molecule has 0 unspecified atom stereocenters. The van der Waals surface area contributed by atoms with Gasteiger partial charge in [0.15, 0.2) is 0 Å². The van der Waals surface area contributed by atoms with Crippen molar-refractivity contribution in [3.05, 3.63) is 35.4 Å². The quantitative estimate of drug-likeness (QED) is 0.694. The molecule has 0 radical (unpaired) electrons. The van der Waals surface area contributed by atoms with Gasteiger partial charge in [-0.2, -0.15) is 8.42 Å². The lowest BCUT2D eigenvalue weighted by Crippen LogP contribution is -2.40. The number of rotatable bonds is 6. The molecule has 0 aliphatic carbocycles. The van der Waals surface area contributed by atoms with E-state index in [9.17, 15) is 13.2 Å². The monoisotopic (exact) mass is 388 g/mol. The molecule has 0 saturated carbocycles. The van der Waals surface area contributed by atoms with Gasteiger partial charge in [0, 0.05) is 25.2 Å². The summed E-state index contributed by atoms with van der Waals surface area (Å²) in [6, 6.07) is 7.82. The molecular weight excluding hydrogens is 364 g/mol. The Bertz CT molecular complexity index is 702. The highest BCUT2D eigenvalue weighted by Gasteiger charge is 2.30. The van der Waals surface area contributed by atoms with Crippen LogP contribution in [0.25, 0.3) is 0 Å². The number of carbonyl (C=O) groups excluding carboxylic acids is 1. The molecular formula is C17H25ClN2O4S. The van der Waals surface area contributed by atoms with Crippen LogP contribution in [0.4, 0.5) is 0 Å². The summed E-state index contributed by atoms with van der Waals surface area (Å²) in [5, 5.41) is 0. The van der Waals surface area contributed by atoms with Crippen LogP contribution in [0, 0.1) is 5.92 Å². The summed E-state index contributed by atoms with van der Waals surface area (Å²) in [6.07, 6.45) is 3.13. The average molecular weight is 389 g/mol. The van der Waals surface area contributed by atoms with Crippen molar-refractivity contribution in [2.75, 3.05) is 39.0 Å². The van der Waals surface area contributed by atoms with E-state index in [2.05, 4.69) is 4.90 Å². The van der Waals surface area contributed by atoms with Crippen LogP contribution in [0.2, 0.25) is 0 Å². The van der Waals surface area contributed by atoms with Crippen molar-refractivity contribution in [3.8, 4) is 0 Å². The topological polar surface area (TPSA) is 66.9 Å². The van der Waals surface area contributed by atoms with Crippen molar-refractivity contribution < 1.29 is 17.4 Å². The van der Waals surface area contributed by atoms with Crippen molar-refractivity contribution >= 4 is 28.4 Å². The lowest BCUT2D eigenvalue weighted by molar-refractivity contribution is 0.0709. The van der Waals surface area contributed by atoms with Gasteiger partial charge in [-0.1, -0.05) is 18.2 Å². The Balaban J connectivity index is 0.00000225. The summed E-state index contributed by atoms with van der Waals surface area (Å²) in [5.74, 6) is 0.657. The maximum Gasteiger partial charge on any atom is 0.264 e. The summed E-state index contributed by atoms with van der Waals surface area (Å²) < 4.78 is 26.7. The molecule has 1 aromatic rings. The van der Waals surface area contributed by atoms with Gasteiger partial charge in [0.1, 0.15) is 0 Å². The SMILES string of the molecule is CS(=O)(=O)OCCN1CCC(CN2Cc3ccccc3C2=O)CC1.Cl. The van der Waals surface area contributed by atoms with Crippen molar-refractivity contribution in [3.63, 3.8) is 0 Å². The standard InChI is InChI=1S/C17H24N2O4S.ClH/c1-24(21,22)23-11-10-18-8-6-14(7-9-18)12-19-13-15-4-2-3-5-16(15)17(19)20;/h2-5,14H,6-13H2,1H3;1H. The fourth-order valence-corrected chi connectivity index (χ4v) is 3.86. The summed E-state index contributed by atoms with van der Waals surface area (Å²) in [4.78, 5) is 16.6. The number of benzene rings is 1. The van der Waals surface area contributed by atoms with Gasteiger partial charge in [-0.25, -0.2) is 0 Å². The van der Waals surface area contributed by atoms with Crippen LogP contribution in [0.5, 0.6) is 0 Å². The number of nitrogens with zero attached hydrogens (tertiary/aromatic N) is 2. The zero-order valence-electron chi connectivity index (χ0n) is 14.4. The molecule has 0 atom stereocenters. The maximum absolute atomic E-state index is 12.4. The molecule has 0 spiro atoms. The normalized spacial score (nSPS) is 18.9. The van der Waals surface area contributed by atoms with Crippen LogP contribution >= 0.6 is 12.4 Å². The molecule has 25 heavy (non-hydrogen) atoms. The predicted molar refractivity (Wildman–Crippen MR) is 98.4 cm³/mol. The number of likely N-dealkylation sites (tertiary alicyclic amines) is 1. The summed E-state index contributed by atoms with van der Waals surface area (Å²) in [7, 11) is -3.35. The number of halogens is 1. The molecule has 3 rings (SSSR count). The zero-order valence-corrected chi connectivity index (χ0v) is 16.0. The molecule has 140 valence electrons. The minimum Gasteiger partial charge on any atom is -0.334 e. The van der Waals surface area contributed by atoms with Gasteiger partial charge in [-0.3, -0.25) is 8.98 Å². The van der Waals surface area contributed by atoms with E-state index in [1.807, 2.05) is 29.2 Å². The maximum atomic E-state index is 12.4. The molecule has 2 aliphatic rings. The van der Waals surface area contributed by atoms with E-state index >= 15 is 0 Å². The van der Waals surface area contributed by atoms with Crippen LogP contribution in [0.15, 0.2) is 24.3 Å². The highest BCUT2D eigenvalue weighted by molar-refractivity contribution is 7.85. The fourth-order valence-electron chi connectivity index (χ4n) is 3.48. The van der Waals surface area contributed by atoms with E-state index in [-0.39, 0.29) is 24.9 Å². The molecule has 6 nitrogen and oxygen atoms in total. The molecule has 0 aromatic heterocycles. The Kier molecular flexibility index (Phi) is 6.85. The Hall–Kier alpha value is -1.15. The number of hydrogen-bond donors (Lipinski definition) is 0. The Labute approximate surface area is 155 Å². The van der Waals surface area contributed by atoms with E-state index in [0.29, 0.717) is 12.5 Å². The highest BCUT2D eigenvalue weighted by Crippen LogP contribution is 2.26. The minimum absolute atomic E-state index is 0. The molecule has 1 fully saturated rings. The first kappa shape index (κ1) is 20.2. The molecule has 0 N–H and O–H groups in total. The van der Waals surface area contributed by atoms with E-state index in [4.69, 9.17) is 4.18 Å². The molecule has 8 heteroatoms. The summed E-state index contributed by atoms with van der Waals surface area (Å²) in [5.41, 5.74) is 1.96. The first-order valence-electron chi connectivity index (χ1n) is 8.36. The molecule has 2 aliphatic heterocycles. The molecule has 2 heterocycles. The summed E-state index contributed by atoms with van der Waals surface area (Å²) in [6.45, 7) is 4.22. The zero-order chi connectivity index (χ0) is 17.2. The van der Waals surface area contributed by atoms with Crippen LogP contribution in [-0.4, -0.2) is 63.2 Å². The molecule has 1 saturated heterocycles. The highest BCUT2D eigenvalue weighted by atomic mass is 35.5. The van der Waals surface area contributed by atoms with Crippen LogP contribution < -0.4 is 0 Å². The van der Waals surface area contributed by atoms with Gasteiger partial charge in [-0.05, 0) is 43.5 Å². The van der Waals surface area contributed by atoms with Gasteiger partial charge in [0.25, 0.3) is 16.0 Å². The lowest BCUT2D eigenvalue weighted by atomic mass is 9.96. The Morgan fingerprint density at radius 3 is 2.52 bits per heavy atom. The van der Waals surface area contributed by atoms with Crippen molar-refractivity contribution in [2.24, 2.45) is 5.92 Å². The van der Waals surface area contributed by atoms with E-state index in [1.54, 1.807) is 0 Å². The van der Waals surface area contributed by atoms with Gasteiger partial charge in [0.05, 0.1) is 12.9 Å². The van der Waals surface area contributed by atoms with Gasteiger partial charge in [-0.15, -0.1) is 12.4 Å². The second-order valence-corrected chi connectivity index (χ2v) is 8.30. The third-order valence-corrected chi connectivity index (χ3v) is 5.38. The Morgan fingerprint density at radius 2 is 1.88 bits per heavy atom. The number of carbonyl (C=O) groups is 1. The van der Waals surface area contributed by atoms with Crippen LogP contribution in [0.1, 0.15) is 28.8 Å². The lowest BCUT2D eigenvalue weighted by Gasteiger charge is -2.33. The van der Waals surface area contributed by atoms with Crippen molar-refractivity contribution in [1.29, 1.82) is 0 Å². The third kappa shape index (κ3) is 5.41. The van der Waals surface area contributed by atoms with Gasteiger partial charge in [0.2, 0.25) is 0 Å². The van der Waals surface area contributed by atoms with Crippen molar-refractivity contribution in [2.45, 2.75) is 19.4 Å². The largest absolute Gasteiger partial charge is 0.334 e. The molecule has 0 bridgehead atoms. The van der Waals surface area contributed by atoms with Gasteiger partial charge < -0.3 is 9.80 Å². The first-order chi connectivity index (χ1) is 11.4. The average Bonchev–Trinajstić information content (AvgIpc) is 2.85. The molecule has 1 aromatic carbocycles. The smallest absolute Gasteiger partial charge is 0.264 e. The van der Waals surface area contributed by atoms with E-state index in [1.165, 1.54) is 0 Å². The number of hydrogen-bond acceptors (Lipinski definition) is 5. The third-order valence-electron chi connectivity index (χ3n) is 4.79. The minimum atomic E-state index is -3.35. The van der Waals surface area contributed by atoms with Crippen LogP contribution in [0.3, 0.4) is 0 Å². The van der Waals surface area contributed by atoms with E-state index < -0.39 is 10.1 Å². The second kappa shape index (κ2) is 8.49. The second-order valence-electron chi connectivity index (χ2n) is 6.65. The number of piperidine rings is 1. The summed E-state index contributed by atoms with van der Waals surface area (Å²) >= 11 is 0. The van der Waals surface area contributed by atoms with E-state index in [0.717, 1.165) is 56.4 Å². The first-order valence-corrected chi connectivity index (χ1v) is 10.2. The Morgan fingerprint density at radius 1 is 1.20 bits per heavy atom. The number of fused-ring (bicyclic) bond motifs is 1. The number of amides is 1. The molecule has 1 amide bonds. The van der Waals surface area contributed by atoms with Crippen molar-refractivity contribution in [1.82, 2.24) is 9.80 Å².